The van der Waals surface area contributed by atoms with E-state index in [1.807, 2.05) is 13.2 Å². The Hall–Kier alpha value is -4.45. The molecule has 9 heteroatoms. The molecule has 0 bridgehead atoms. The summed E-state index contributed by atoms with van der Waals surface area (Å²) < 4.78 is 9.19. The van der Waals surface area contributed by atoms with Gasteiger partial charge in [-0.1, -0.05) is 6.58 Å². The van der Waals surface area contributed by atoms with Gasteiger partial charge in [-0.25, -0.2) is 9.50 Å². The zero-order valence-corrected chi connectivity index (χ0v) is 15.4. The maximum absolute atomic E-state index is 11.4. The van der Waals surface area contributed by atoms with E-state index in [1.54, 1.807) is 45.9 Å². The van der Waals surface area contributed by atoms with Crippen LogP contribution in [0, 0.1) is 11.3 Å². The van der Waals surface area contributed by atoms with Gasteiger partial charge in [0.05, 0.1) is 24.3 Å². The number of ether oxygens (including phenoxy) is 1. The average molecular weight is 385 g/mol. The highest BCUT2D eigenvalue weighted by Crippen LogP contribution is 2.30. The Kier molecular flexibility index (Phi) is 4.50. The second kappa shape index (κ2) is 7.28. The smallest absolute Gasteiger partial charge is 0.247 e. The van der Waals surface area contributed by atoms with Crippen LogP contribution >= 0.6 is 0 Å². The fourth-order valence-corrected chi connectivity index (χ4v) is 2.74. The van der Waals surface area contributed by atoms with E-state index in [9.17, 15) is 10.1 Å². The summed E-state index contributed by atoms with van der Waals surface area (Å²) in [5.41, 5.74) is 2.80. The molecule has 29 heavy (non-hydrogen) atoms. The van der Waals surface area contributed by atoms with Crippen molar-refractivity contribution in [3.8, 4) is 29.0 Å². The first-order valence-electron chi connectivity index (χ1n) is 8.56. The summed E-state index contributed by atoms with van der Waals surface area (Å²) in [4.78, 5) is 16.0. The Labute approximate surface area is 165 Å². The van der Waals surface area contributed by atoms with Crippen molar-refractivity contribution in [3.63, 3.8) is 0 Å². The van der Waals surface area contributed by atoms with Crippen LogP contribution in [0.5, 0.6) is 11.6 Å². The third-order valence-electron chi connectivity index (χ3n) is 4.11. The molecule has 0 fully saturated rings. The van der Waals surface area contributed by atoms with Crippen molar-refractivity contribution in [2.45, 2.75) is 0 Å². The van der Waals surface area contributed by atoms with Crippen LogP contribution in [-0.2, 0) is 11.8 Å². The lowest BCUT2D eigenvalue weighted by molar-refractivity contribution is -0.111. The van der Waals surface area contributed by atoms with Gasteiger partial charge in [0.25, 0.3) is 0 Å². The molecule has 0 radical (unpaired) electrons. The number of hydrogen-bond acceptors (Lipinski definition) is 6. The van der Waals surface area contributed by atoms with Crippen molar-refractivity contribution < 1.29 is 9.53 Å². The molecule has 142 valence electrons. The lowest BCUT2D eigenvalue weighted by Gasteiger charge is -2.09. The van der Waals surface area contributed by atoms with Gasteiger partial charge >= 0.3 is 0 Å². The number of carbonyl (C=O) groups excluding carboxylic acids is 1. The van der Waals surface area contributed by atoms with Crippen LogP contribution in [-0.4, -0.2) is 30.3 Å². The number of nitrogens with one attached hydrogen (secondary N) is 1. The summed E-state index contributed by atoms with van der Waals surface area (Å²) in [6.07, 6.45) is 7.88. The maximum atomic E-state index is 11.4. The number of amides is 1. The third-order valence-corrected chi connectivity index (χ3v) is 4.11. The number of rotatable bonds is 5. The van der Waals surface area contributed by atoms with E-state index in [1.165, 1.54) is 12.3 Å². The van der Waals surface area contributed by atoms with Gasteiger partial charge in [0.15, 0.2) is 0 Å². The van der Waals surface area contributed by atoms with Crippen LogP contribution in [0.25, 0.3) is 16.8 Å². The Bertz CT molecular complexity index is 1260. The Balaban J connectivity index is 1.73. The van der Waals surface area contributed by atoms with Crippen molar-refractivity contribution in [2.75, 3.05) is 5.32 Å². The molecule has 0 spiro atoms. The fraction of sp³-hybridized carbons (Fsp3) is 0.0500. The van der Waals surface area contributed by atoms with Gasteiger partial charge in [-0.3, -0.25) is 9.48 Å². The summed E-state index contributed by atoms with van der Waals surface area (Å²) in [5, 5.41) is 20.5. The zero-order valence-electron chi connectivity index (χ0n) is 15.4. The summed E-state index contributed by atoms with van der Waals surface area (Å²) in [6, 6.07) is 8.87. The summed E-state index contributed by atoms with van der Waals surface area (Å²) in [5.74, 6) is 0.428. The predicted molar refractivity (Wildman–Crippen MR) is 105 cm³/mol. The number of carbonyl (C=O) groups is 1. The first kappa shape index (κ1) is 17.9. The second-order valence-electron chi connectivity index (χ2n) is 6.12. The topological polar surface area (TPSA) is 110 Å². The molecule has 0 aliphatic rings. The zero-order chi connectivity index (χ0) is 20.4. The van der Waals surface area contributed by atoms with E-state index in [0.717, 1.165) is 5.56 Å². The van der Waals surface area contributed by atoms with E-state index in [4.69, 9.17) is 4.74 Å². The van der Waals surface area contributed by atoms with Crippen molar-refractivity contribution in [2.24, 2.45) is 7.05 Å². The van der Waals surface area contributed by atoms with E-state index < -0.39 is 0 Å². The number of aromatic nitrogens is 5. The SMILES string of the molecule is C=CC(=O)Nc1ccc(Oc2nc(-c3cnn(C)c3)cn3ncc(C#N)c23)cc1. The predicted octanol–water partition coefficient (Wildman–Crippen LogP) is 2.92. The third kappa shape index (κ3) is 3.54. The number of aryl methyl sites for hydroxylation is 1. The summed E-state index contributed by atoms with van der Waals surface area (Å²) >= 11 is 0. The van der Waals surface area contributed by atoms with Gasteiger partial charge in [0.1, 0.15) is 22.9 Å². The number of nitriles is 1. The number of hydrogen-bond donors (Lipinski definition) is 1. The van der Waals surface area contributed by atoms with E-state index >= 15 is 0 Å². The van der Waals surface area contributed by atoms with Crippen LogP contribution < -0.4 is 10.1 Å². The summed E-state index contributed by atoms with van der Waals surface area (Å²) in [6.45, 7) is 3.42. The largest absolute Gasteiger partial charge is 0.437 e. The normalized spacial score (nSPS) is 10.5. The van der Waals surface area contributed by atoms with Gasteiger partial charge in [-0.15, -0.1) is 0 Å². The van der Waals surface area contributed by atoms with Crippen LogP contribution in [0.2, 0.25) is 0 Å². The molecule has 3 heterocycles. The van der Waals surface area contributed by atoms with Gasteiger partial charge in [-0.2, -0.15) is 15.5 Å². The Morgan fingerprint density at radius 1 is 1.24 bits per heavy atom. The second-order valence-corrected chi connectivity index (χ2v) is 6.12. The highest BCUT2D eigenvalue weighted by Gasteiger charge is 2.16. The lowest BCUT2D eigenvalue weighted by Crippen LogP contribution is -2.06. The molecule has 1 amide bonds. The van der Waals surface area contributed by atoms with Crippen molar-refractivity contribution in [1.82, 2.24) is 24.4 Å². The Morgan fingerprint density at radius 2 is 2.03 bits per heavy atom. The lowest BCUT2D eigenvalue weighted by atomic mass is 10.2. The minimum absolute atomic E-state index is 0.239. The van der Waals surface area contributed by atoms with E-state index in [0.29, 0.717) is 28.2 Å². The van der Waals surface area contributed by atoms with Crippen molar-refractivity contribution >= 4 is 17.1 Å². The standard InChI is InChI=1S/C20H15N7O2/c1-3-18(28)24-15-4-6-16(7-5-15)29-20-19-13(8-21)9-23-27(19)12-17(25-20)14-10-22-26(2)11-14/h3-7,9-12H,1H2,2H3,(H,24,28). The molecular formula is C20H15N7O2. The molecule has 0 aliphatic carbocycles. The fourth-order valence-electron chi connectivity index (χ4n) is 2.74. The van der Waals surface area contributed by atoms with Crippen LogP contribution in [0.15, 0.2) is 61.7 Å². The molecule has 4 rings (SSSR count). The number of anilines is 1. The molecule has 0 atom stereocenters. The molecule has 0 saturated heterocycles. The number of nitrogens with zero attached hydrogens (tertiary/aromatic N) is 6. The molecule has 9 nitrogen and oxygen atoms in total. The van der Waals surface area contributed by atoms with Gasteiger partial charge in [-0.05, 0) is 30.3 Å². The molecule has 1 N–H and O–H groups in total. The minimum Gasteiger partial charge on any atom is -0.437 e. The van der Waals surface area contributed by atoms with Crippen LogP contribution in [0.3, 0.4) is 0 Å². The van der Waals surface area contributed by atoms with Crippen molar-refractivity contribution in [3.05, 3.63) is 67.3 Å². The van der Waals surface area contributed by atoms with E-state index in [2.05, 4.69) is 33.1 Å². The maximum Gasteiger partial charge on any atom is 0.247 e. The molecule has 4 aromatic rings. The Morgan fingerprint density at radius 3 is 2.69 bits per heavy atom. The van der Waals surface area contributed by atoms with Crippen LogP contribution in [0.1, 0.15) is 5.56 Å². The van der Waals surface area contributed by atoms with Gasteiger partial charge in [0.2, 0.25) is 11.8 Å². The highest BCUT2D eigenvalue weighted by atomic mass is 16.5. The summed E-state index contributed by atoms with van der Waals surface area (Å²) in [7, 11) is 1.81. The minimum atomic E-state index is -0.302. The monoisotopic (exact) mass is 385 g/mol. The molecule has 1 aromatic carbocycles. The van der Waals surface area contributed by atoms with E-state index in [-0.39, 0.29) is 11.8 Å². The molecule has 3 aromatic heterocycles. The first-order valence-corrected chi connectivity index (χ1v) is 8.56. The molecule has 0 saturated carbocycles. The molecular weight excluding hydrogens is 370 g/mol. The molecule has 0 unspecified atom stereocenters. The van der Waals surface area contributed by atoms with Gasteiger partial charge in [0, 0.05) is 24.5 Å². The quantitative estimate of drug-likeness (QED) is 0.529. The van der Waals surface area contributed by atoms with Crippen LogP contribution in [0.4, 0.5) is 5.69 Å². The van der Waals surface area contributed by atoms with Crippen molar-refractivity contribution in [1.29, 1.82) is 5.26 Å². The average Bonchev–Trinajstić information content (AvgIpc) is 3.35. The highest BCUT2D eigenvalue weighted by molar-refractivity contribution is 5.98. The number of fused-ring (bicyclic) bond motifs is 1. The molecule has 0 aliphatic heterocycles. The van der Waals surface area contributed by atoms with Gasteiger partial charge < -0.3 is 10.1 Å². The number of benzene rings is 1. The first-order chi connectivity index (χ1) is 14.1.